The smallest absolute Gasteiger partial charge is 0.0803 e. The summed E-state index contributed by atoms with van der Waals surface area (Å²) in [5, 5.41) is 0. The zero-order valence-electron chi connectivity index (χ0n) is 11.5. The summed E-state index contributed by atoms with van der Waals surface area (Å²) >= 11 is 1.81. The van der Waals surface area contributed by atoms with E-state index in [-0.39, 0.29) is 12.1 Å². The van der Waals surface area contributed by atoms with Crippen molar-refractivity contribution in [3.63, 3.8) is 0 Å². The minimum Gasteiger partial charge on any atom is -0.376 e. The lowest BCUT2D eigenvalue weighted by atomic mass is 9.82. The van der Waals surface area contributed by atoms with Crippen LogP contribution in [0.15, 0.2) is 12.1 Å². The molecule has 0 spiro atoms. The van der Waals surface area contributed by atoms with Gasteiger partial charge in [0.2, 0.25) is 0 Å². The largest absolute Gasteiger partial charge is 0.376 e. The molecule has 1 fully saturated rings. The number of thiophene rings is 1. The Morgan fingerprint density at radius 3 is 2.61 bits per heavy atom. The SMILES string of the molecule is CCOC(C1CCCCC1)C(N)c1ccc(C)s1. The number of nitrogens with two attached hydrogens (primary N) is 1. The molecule has 1 saturated carbocycles. The maximum absolute atomic E-state index is 6.45. The second kappa shape index (κ2) is 6.69. The molecule has 2 N–H and O–H groups in total. The normalized spacial score (nSPS) is 20.8. The minimum atomic E-state index is 0.0479. The van der Waals surface area contributed by atoms with Crippen LogP contribution in [0, 0.1) is 12.8 Å². The van der Waals surface area contributed by atoms with Crippen molar-refractivity contribution in [2.24, 2.45) is 11.7 Å². The molecule has 0 aliphatic heterocycles. The predicted octanol–water partition coefficient (Wildman–Crippen LogP) is 4.04. The predicted molar refractivity (Wildman–Crippen MR) is 78.0 cm³/mol. The van der Waals surface area contributed by atoms with E-state index >= 15 is 0 Å². The lowest BCUT2D eigenvalue weighted by Gasteiger charge is -2.33. The molecular weight excluding hydrogens is 242 g/mol. The highest BCUT2D eigenvalue weighted by atomic mass is 32.1. The molecule has 18 heavy (non-hydrogen) atoms. The van der Waals surface area contributed by atoms with Crippen LogP contribution in [0.5, 0.6) is 0 Å². The molecule has 1 aromatic rings. The van der Waals surface area contributed by atoms with Crippen molar-refractivity contribution >= 4 is 11.3 Å². The molecule has 2 rings (SSSR count). The second-order valence-electron chi connectivity index (χ2n) is 5.29. The fourth-order valence-electron chi connectivity index (χ4n) is 2.98. The first-order chi connectivity index (χ1) is 8.72. The van der Waals surface area contributed by atoms with E-state index in [1.807, 2.05) is 11.3 Å². The van der Waals surface area contributed by atoms with Gasteiger partial charge in [-0.15, -0.1) is 11.3 Å². The van der Waals surface area contributed by atoms with Gasteiger partial charge in [-0.3, -0.25) is 0 Å². The van der Waals surface area contributed by atoms with Gasteiger partial charge in [0.15, 0.2) is 0 Å². The van der Waals surface area contributed by atoms with E-state index in [1.165, 1.54) is 41.9 Å². The highest BCUT2D eigenvalue weighted by Gasteiger charge is 2.30. The minimum absolute atomic E-state index is 0.0479. The third kappa shape index (κ3) is 3.34. The molecule has 0 amide bonds. The van der Waals surface area contributed by atoms with E-state index in [9.17, 15) is 0 Å². The molecule has 1 heterocycles. The summed E-state index contributed by atoms with van der Waals surface area (Å²) in [6.45, 7) is 4.97. The Morgan fingerprint density at radius 2 is 2.06 bits per heavy atom. The topological polar surface area (TPSA) is 35.2 Å². The van der Waals surface area contributed by atoms with Gasteiger partial charge in [-0.05, 0) is 44.7 Å². The molecule has 2 nitrogen and oxygen atoms in total. The van der Waals surface area contributed by atoms with E-state index in [1.54, 1.807) is 0 Å². The lowest BCUT2D eigenvalue weighted by molar-refractivity contribution is -0.00917. The molecule has 1 aliphatic rings. The first kappa shape index (κ1) is 14.0. The Kier molecular flexibility index (Phi) is 5.22. The zero-order valence-corrected chi connectivity index (χ0v) is 12.3. The number of hydrogen-bond donors (Lipinski definition) is 1. The van der Waals surface area contributed by atoms with E-state index < -0.39 is 0 Å². The van der Waals surface area contributed by atoms with E-state index in [0.717, 1.165) is 6.61 Å². The Balaban J connectivity index is 2.08. The van der Waals surface area contributed by atoms with Crippen LogP contribution in [-0.2, 0) is 4.74 Å². The lowest BCUT2D eigenvalue weighted by Crippen LogP contribution is -2.36. The van der Waals surface area contributed by atoms with Crippen LogP contribution < -0.4 is 5.73 Å². The first-order valence-electron chi connectivity index (χ1n) is 7.16. The van der Waals surface area contributed by atoms with Gasteiger partial charge >= 0.3 is 0 Å². The van der Waals surface area contributed by atoms with Gasteiger partial charge < -0.3 is 10.5 Å². The van der Waals surface area contributed by atoms with E-state index in [4.69, 9.17) is 10.5 Å². The molecule has 3 heteroatoms. The Labute approximate surface area is 115 Å². The number of aryl methyl sites for hydroxylation is 1. The van der Waals surface area contributed by atoms with Crippen LogP contribution in [0.25, 0.3) is 0 Å². The maximum atomic E-state index is 6.45. The van der Waals surface area contributed by atoms with Gasteiger partial charge in [-0.1, -0.05) is 19.3 Å². The second-order valence-corrected chi connectivity index (χ2v) is 6.61. The fourth-order valence-corrected chi connectivity index (χ4v) is 3.90. The molecule has 0 radical (unpaired) electrons. The Bertz CT molecular complexity index is 357. The average Bonchev–Trinajstić information content (AvgIpc) is 2.83. The summed E-state index contributed by atoms with van der Waals surface area (Å²) < 4.78 is 5.99. The molecular formula is C15H25NOS. The van der Waals surface area contributed by atoms with Crippen molar-refractivity contribution in [3.05, 3.63) is 21.9 Å². The summed E-state index contributed by atoms with van der Waals surface area (Å²) in [5.41, 5.74) is 6.45. The van der Waals surface area contributed by atoms with Gasteiger partial charge in [-0.25, -0.2) is 0 Å². The molecule has 0 bridgehead atoms. The van der Waals surface area contributed by atoms with Gasteiger partial charge in [0, 0.05) is 16.4 Å². The third-order valence-electron chi connectivity index (χ3n) is 3.92. The highest BCUT2D eigenvalue weighted by Crippen LogP contribution is 2.35. The summed E-state index contributed by atoms with van der Waals surface area (Å²) in [6, 6.07) is 4.37. The Hall–Kier alpha value is -0.380. The molecule has 0 saturated heterocycles. The summed E-state index contributed by atoms with van der Waals surface area (Å²) in [6.07, 6.45) is 6.82. The van der Waals surface area contributed by atoms with Crippen molar-refractivity contribution in [1.29, 1.82) is 0 Å². The fraction of sp³-hybridized carbons (Fsp3) is 0.733. The molecule has 0 aromatic carbocycles. The van der Waals surface area contributed by atoms with Crippen molar-refractivity contribution in [1.82, 2.24) is 0 Å². The molecule has 1 aliphatic carbocycles. The number of ether oxygens (including phenoxy) is 1. The van der Waals surface area contributed by atoms with Crippen LogP contribution >= 0.6 is 11.3 Å². The maximum Gasteiger partial charge on any atom is 0.0803 e. The summed E-state index contributed by atoms with van der Waals surface area (Å²) in [4.78, 5) is 2.61. The van der Waals surface area contributed by atoms with Gasteiger partial charge in [0.25, 0.3) is 0 Å². The van der Waals surface area contributed by atoms with Crippen molar-refractivity contribution < 1.29 is 4.74 Å². The molecule has 102 valence electrons. The van der Waals surface area contributed by atoms with Gasteiger partial charge in [0.1, 0.15) is 0 Å². The summed E-state index contributed by atoms with van der Waals surface area (Å²) in [5.74, 6) is 0.649. The number of rotatable bonds is 5. The number of hydrogen-bond acceptors (Lipinski definition) is 3. The summed E-state index contributed by atoms with van der Waals surface area (Å²) in [7, 11) is 0. The highest BCUT2D eigenvalue weighted by molar-refractivity contribution is 7.12. The van der Waals surface area contributed by atoms with Crippen LogP contribution in [0.4, 0.5) is 0 Å². The monoisotopic (exact) mass is 267 g/mol. The molecule has 1 aromatic heterocycles. The zero-order chi connectivity index (χ0) is 13.0. The standard InChI is InChI=1S/C15H25NOS/c1-3-17-15(12-7-5-4-6-8-12)14(16)13-10-9-11(2)18-13/h9-10,12,14-15H,3-8,16H2,1-2H3. The van der Waals surface area contributed by atoms with Crippen LogP contribution in [-0.4, -0.2) is 12.7 Å². The van der Waals surface area contributed by atoms with Crippen molar-refractivity contribution in [3.8, 4) is 0 Å². The quantitative estimate of drug-likeness (QED) is 0.873. The van der Waals surface area contributed by atoms with E-state index in [0.29, 0.717) is 5.92 Å². The third-order valence-corrected chi connectivity index (χ3v) is 5.02. The van der Waals surface area contributed by atoms with Gasteiger partial charge in [-0.2, -0.15) is 0 Å². The van der Waals surface area contributed by atoms with Crippen molar-refractivity contribution in [2.45, 2.75) is 58.1 Å². The average molecular weight is 267 g/mol. The van der Waals surface area contributed by atoms with Crippen molar-refractivity contribution in [2.75, 3.05) is 6.61 Å². The van der Waals surface area contributed by atoms with E-state index in [2.05, 4.69) is 26.0 Å². The Morgan fingerprint density at radius 1 is 1.33 bits per heavy atom. The molecule has 2 atom stereocenters. The first-order valence-corrected chi connectivity index (χ1v) is 7.97. The molecule has 2 unspecified atom stereocenters. The van der Waals surface area contributed by atoms with Crippen LogP contribution in [0.3, 0.4) is 0 Å². The van der Waals surface area contributed by atoms with Crippen LogP contribution in [0.1, 0.15) is 54.8 Å². The van der Waals surface area contributed by atoms with Crippen LogP contribution in [0.2, 0.25) is 0 Å². The van der Waals surface area contributed by atoms with Gasteiger partial charge in [0.05, 0.1) is 12.1 Å².